The van der Waals surface area contributed by atoms with E-state index in [1.807, 2.05) is 12.1 Å². The number of amides is 4. The Labute approximate surface area is 215 Å². The fourth-order valence-electron chi connectivity index (χ4n) is 2.74. The summed E-state index contributed by atoms with van der Waals surface area (Å²) in [6.07, 6.45) is -4.19. The average Bonchev–Trinajstić information content (AvgIpc) is 2.86. The van der Waals surface area contributed by atoms with Crippen molar-refractivity contribution < 1.29 is 38.1 Å². The van der Waals surface area contributed by atoms with Crippen molar-refractivity contribution in [2.75, 3.05) is 30.4 Å². The highest BCUT2D eigenvalue weighted by Crippen LogP contribution is 2.07. The van der Waals surface area contributed by atoms with Crippen molar-refractivity contribution in [1.29, 1.82) is 0 Å². The number of rotatable bonds is 11. The number of anilines is 2. The van der Waals surface area contributed by atoms with E-state index in [4.69, 9.17) is 18.9 Å². The number of carbonyl (C=O) groups excluding carboxylic acids is 4. The van der Waals surface area contributed by atoms with Gasteiger partial charge >= 0.3 is 24.4 Å². The molecule has 0 saturated carbocycles. The van der Waals surface area contributed by atoms with E-state index in [-0.39, 0.29) is 19.8 Å². The van der Waals surface area contributed by atoms with Crippen LogP contribution in [-0.2, 0) is 18.9 Å². The van der Waals surface area contributed by atoms with Gasteiger partial charge < -0.3 is 29.6 Å². The van der Waals surface area contributed by atoms with E-state index in [1.54, 1.807) is 69.3 Å². The molecule has 37 heavy (non-hydrogen) atoms. The van der Waals surface area contributed by atoms with Crippen LogP contribution in [0, 0.1) is 0 Å². The Morgan fingerprint density at radius 3 is 1.54 bits per heavy atom. The van der Waals surface area contributed by atoms with E-state index in [9.17, 15) is 19.2 Å². The number of alkyl carbamates (subject to hydrolysis) is 2. The Morgan fingerprint density at radius 1 is 0.649 bits per heavy atom. The van der Waals surface area contributed by atoms with Gasteiger partial charge in [-0.15, -0.1) is 0 Å². The lowest BCUT2D eigenvalue weighted by Gasteiger charge is -2.18. The van der Waals surface area contributed by atoms with E-state index in [0.29, 0.717) is 11.4 Å². The van der Waals surface area contributed by atoms with Crippen molar-refractivity contribution in [3.8, 4) is 0 Å². The molecule has 3 atom stereocenters. The Hall–Kier alpha value is -4.48. The molecule has 0 heterocycles. The number of para-hydroxylation sites is 2. The maximum absolute atomic E-state index is 11.9. The predicted octanol–water partition coefficient (Wildman–Crippen LogP) is 4.10. The second kappa shape index (κ2) is 15.5. The molecule has 0 bridgehead atoms. The van der Waals surface area contributed by atoms with Crippen LogP contribution in [0.2, 0.25) is 0 Å². The quantitative estimate of drug-likeness (QED) is 0.326. The Kier molecular flexibility index (Phi) is 12.0. The zero-order valence-corrected chi connectivity index (χ0v) is 20.9. The van der Waals surface area contributed by atoms with Gasteiger partial charge in [0.15, 0.2) is 0 Å². The van der Waals surface area contributed by atoms with E-state index in [2.05, 4.69) is 21.3 Å². The Balaban J connectivity index is 1.55. The maximum Gasteiger partial charge on any atom is 0.412 e. The number of nitrogens with one attached hydrogen (secondary N) is 4. The highest BCUT2D eigenvalue weighted by Gasteiger charge is 2.16. The van der Waals surface area contributed by atoms with E-state index in [1.165, 1.54) is 0 Å². The van der Waals surface area contributed by atoms with Crippen LogP contribution in [0.3, 0.4) is 0 Å². The van der Waals surface area contributed by atoms with E-state index >= 15 is 0 Å². The summed E-state index contributed by atoms with van der Waals surface area (Å²) < 4.78 is 20.3. The molecular weight excluding hydrogens is 484 g/mol. The van der Waals surface area contributed by atoms with Gasteiger partial charge in [0.2, 0.25) is 0 Å². The SMILES string of the molecule is CC(CNC(=O)OCC(C)OC(=O)Nc1ccccc1)NC(=O)OCC(C)OC(=O)Nc1ccccc1. The fourth-order valence-corrected chi connectivity index (χ4v) is 2.74. The Morgan fingerprint density at radius 2 is 1.08 bits per heavy atom. The van der Waals surface area contributed by atoms with Gasteiger partial charge in [-0.2, -0.15) is 0 Å². The van der Waals surface area contributed by atoms with Crippen molar-refractivity contribution in [3.05, 3.63) is 60.7 Å². The second-order valence-corrected chi connectivity index (χ2v) is 8.04. The summed E-state index contributed by atoms with van der Waals surface area (Å²) >= 11 is 0. The molecule has 0 fully saturated rings. The van der Waals surface area contributed by atoms with Crippen LogP contribution in [-0.4, -0.2) is 62.4 Å². The van der Waals surface area contributed by atoms with Crippen LogP contribution >= 0.6 is 0 Å². The second-order valence-electron chi connectivity index (χ2n) is 8.04. The molecule has 0 aliphatic carbocycles. The molecule has 12 nitrogen and oxygen atoms in total. The molecular formula is C25H32N4O8. The van der Waals surface area contributed by atoms with Gasteiger partial charge in [-0.1, -0.05) is 36.4 Å². The summed E-state index contributed by atoms with van der Waals surface area (Å²) in [7, 11) is 0. The van der Waals surface area contributed by atoms with Crippen molar-refractivity contribution in [2.45, 2.75) is 39.0 Å². The molecule has 4 N–H and O–H groups in total. The number of ether oxygens (including phenoxy) is 4. The summed E-state index contributed by atoms with van der Waals surface area (Å²) in [5, 5.41) is 10.1. The largest absolute Gasteiger partial charge is 0.446 e. The smallest absolute Gasteiger partial charge is 0.412 e. The zero-order valence-electron chi connectivity index (χ0n) is 20.9. The summed E-state index contributed by atoms with van der Waals surface area (Å²) in [4.78, 5) is 47.5. The first-order valence-corrected chi connectivity index (χ1v) is 11.6. The maximum atomic E-state index is 11.9. The molecule has 200 valence electrons. The molecule has 0 radical (unpaired) electrons. The lowest BCUT2D eigenvalue weighted by Crippen LogP contribution is -2.43. The zero-order chi connectivity index (χ0) is 27.0. The third-order valence-corrected chi connectivity index (χ3v) is 4.47. The van der Waals surface area contributed by atoms with Crippen molar-refractivity contribution in [1.82, 2.24) is 10.6 Å². The normalized spacial score (nSPS) is 12.6. The fraction of sp³-hybridized carbons (Fsp3) is 0.360. The van der Waals surface area contributed by atoms with Gasteiger partial charge in [0.05, 0.1) is 0 Å². The molecule has 2 aromatic carbocycles. The summed E-state index contributed by atoms with van der Waals surface area (Å²) in [6, 6.07) is 17.1. The summed E-state index contributed by atoms with van der Waals surface area (Å²) in [5.41, 5.74) is 1.16. The van der Waals surface area contributed by atoms with Crippen LogP contribution in [0.4, 0.5) is 30.6 Å². The summed E-state index contributed by atoms with van der Waals surface area (Å²) in [6.45, 7) is 4.54. The van der Waals surface area contributed by atoms with Gasteiger partial charge in [0.25, 0.3) is 0 Å². The number of benzene rings is 2. The molecule has 3 unspecified atom stereocenters. The topological polar surface area (TPSA) is 153 Å². The highest BCUT2D eigenvalue weighted by atomic mass is 16.6. The molecule has 0 saturated heterocycles. The van der Waals surface area contributed by atoms with Crippen molar-refractivity contribution >= 4 is 35.7 Å². The monoisotopic (exact) mass is 516 g/mol. The lowest BCUT2D eigenvalue weighted by molar-refractivity contribution is 0.0575. The number of hydrogen-bond donors (Lipinski definition) is 4. The van der Waals surface area contributed by atoms with Crippen molar-refractivity contribution in [3.63, 3.8) is 0 Å². The van der Waals surface area contributed by atoms with Crippen LogP contribution in [0.25, 0.3) is 0 Å². The average molecular weight is 517 g/mol. The van der Waals surface area contributed by atoms with Crippen LogP contribution in [0.15, 0.2) is 60.7 Å². The van der Waals surface area contributed by atoms with Gasteiger partial charge in [-0.25, -0.2) is 19.2 Å². The number of hydrogen-bond acceptors (Lipinski definition) is 8. The molecule has 0 spiro atoms. The molecule has 12 heteroatoms. The molecule has 2 rings (SSSR count). The first-order valence-electron chi connectivity index (χ1n) is 11.6. The third kappa shape index (κ3) is 12.7. The van der Waals surface area contributed by atoms with Crippen LogP contribution in [0.1, 0.15) is 20.8 Å². The minimum Gasteiger partial charge on any atom is -0.446 e. The molecule has 0 aromatic heterocycles. The Bertz CT molecular complexity index is 1010. The lowest BCUT2D eigenvalue weighted by atomic mass is 10.3. The highest BCUT2D eigenvalue weighted by molar-refractivity contribution is 5.85. The minimum absolute atomic E-state index is 0.0587. The predicted molar refractivity (Wildman–Crippen MR) is 135 cm³/mol. The first kappa shape index (κ1) is 28.8. The molecule has 0 aliphatic heterocycles. The van der Waals surface area contributed by atoms with Crippen LogP contribution < -0.4 is 21.3 Å². The minimum atomic E-state index is -0.743. The molecule has 4 amide bonds. The van der Waals surface area contributed by atoms with E-state index in [0.717, 1.165) is 0 Å². The van der Waals surface area contributed by atoms with Gasteiger partial charge in [-0.3, -0.25) is 10.6 Å². The first-order chi connectivity index (χ1) is 17.7. The standard InChI is InChI=1S/C25H32N4O8/c1-17(27-23(31)35-16-19(3)37-25(33)29-21-12-8-5-9-13-21)14-26-22(30)34-15-18(2)36-24(32)28-20-10-6-4-7-11-20/h4-13,17-19H,14-16H2,1-3H3,(H,26,30)(H,27,31)(H,28,32)(H,29,33). The molecule has 0 aliphatic rings. The van der Waals surface area contributed by atoms with Gasteiger partial charge in [-0.05, 0) is 45.0 Å². The van der Waals surface area contributed by atoms with Gasteiger partial charge in [0.1, 0.15) is 25.4 Å². The third-order valence-electron chi connectivity index (χ3n) is 4.47. The van der Waals surface area contributed by atoms with Crippen molar-refractivity contribution in [2.24, 2.45) is 0 Å². The van der Waals surface area contributed by atoms with Crippen LogP contribution in [0.5, 0.6) is 0 Å². The van der Waals surface area contributed by atoms with Gasteiger partial charge in [0, 0.05) is 24.0 Å². The number of carbonyl (C=O) groups is 4. The van der Waals surface area contributed by atoms with E-state index < -0.39 is 42.6 Å². The summed E-state index contributed by atoms with van der Waals surface area (Å²) in [5.74, 6) is 0. The molecule has 2 aromatic rings.